The molecule has 5 heteroatoms. The van der Waals surface area contributed by atoms with Crippen LogP contribution < -0.4 is 9.64 Å². The number of benzene rings is 3. The predicted octanol–water partition coefficient (Wildman–Crippen LogP) is 6.36. The zero-order valence-corrected chi connectivity index (χ0v) is 21.3. The van der Waals surface area contributed by atoms with Crippen LogP contribution in [0.2, 0.25) is 0 Å². The van der Waals surface area contributed by atoms with Gasteiger partial charge in [0.05, 0.1) is 25.2 Å². The summed E-state index contributed by atoms with van der Waals surface area (Å²) in [6.07, 6.45) is 4.35. The van der Waals surface area contributed by atoms with E-state index in [1.807, 2.05) is 36.4 Å². The van der Waals surface area contributed by atoms with Gasteiger partial charge in [0, 0.05) is 36.1 Å². The summed E-state index contributed by atoms with van der Waals surface area (Å²) in [5.74, 6) is 0.533. The van der Waals surface area contributed by atoms with Crippen LogP contribution in [0.25, 0.3) is 6.08 Å². The summed E-state index contributed by atoms with van der Waals surface area (Å²) < 4.78 is 12.5. The number of esters is 1. The second-order valence-electron chi connectivity index (χ2n) is 9.16. The van der Waals surface area contributed by atoms with E-state index in [9.17, 15) is 4.79 Å². The van der Waals surface area contributed by atoms with E-state index < -0.39 is 0 Å². The SMILES string of the molecule is CC[N+]1=C(/C=C/c2ccc(N(C)c3ccc(OC)cc3)cc2)C(C)(C)c2ccc(C(=O)OC)cc21. The molecule has 0 unspecified atom stereocenters. The van der Waals surface area contributed by atoms with E-state index in [1.54, 1.807) is 7.11 Å². The van der Waals surface area contributed by atoms with Gasteiger partial charge in [-0.3, -0.25) is 0 Å². The number of hydrogen-bond acceptors (Lipinski definition) is 4. The fourth-order valence-electron chi connectivity index (χ4n) is 4.71. The highest BCUT2D eigenvalue weighted by Crippen LogP contribution is 2.40. The van der Waals surface area contributed by atoms with Crippen molar-refractivity contribution in [2.24, 2.45) is 0 Å². The fourth-order valence-corrected chi connectivity index (χ4v) is 4.71. The van der Waals surface area contributed by atoms with Crippen molar-refractivity contribution < 1.29 is 18.8 Å². The Hall–Kier alpha value is -3.86. The van der Waals surface area contributed by atoms with Gasteiger partial charge in [-0.2, -0.15) is 4.58 Å². The van der Waals surface area contributed by atoms with E-state index in [0.717, 1.165) is 34.9 Å². The lowest BCUT2D eigenvalue weighted by molar-refractivity contribution is -0.433. The number of carbonyl (C=O) groups is 1. The normalized spacial score (nSPS) is 14.2. The minimum Gasteiger partial charge on any atom is -0.497 e. The maximum atomic E-state index is 12.1. The lowest BCUT2D eigenvalue weighted by Gasteiger charge is -2.20. The molecule has 35 heavy (non-hydrogen) atoms. The molecule has 0 atom stereocenters. The van der Waals surface area contributed by atoms with Gasteiger partial charge in [-0.15, -0.1) is 0 Å². The highest BCUT2D eigenvalue weighted by Gasteiger charge is 2.44. The second kappa shape index (κ2) is 9.79. The van der Waals surface area contributed by atoms with E-state index in [4.69, 9.17) is 9.47 Å². The summed E-state index contributed by atoms with van der Waals surface area (Å²) in [6, 6.07) is 22.4. The van der Waals surface area contributed by atoms with Crippen molar-refractivity contribution in [3.8, 4) is 5.75 Å². The van der Waals surface area contributed by atoms with Crippen molar-refractivity contribution in [3.05, 3.63) is 89.5 Å². The molecule has 5 nitrogen and oxygen atoms in total. The van der Waals surface area contributed by atoms with Crippen LogP contribution in [0.3, 0.4) is 0 Å². The zero-order chi connectivity index (χ0) is 25.2. The molecule has 1 heterocycles. The van der Waals surface area contributed by atoms with Crippen molar-refractivity contribution in [2.45, 2.75) is 26.2 Å². The van der Waals surface area contributed by atoms with Gasteiger partial charge in [0.2, 0.25) is 5.69 Å². The third-order valence-corrected chi connectivity index (χ3v) is 6.80. The first kappa shape index (κ1) is 24.3. The quantitative estimate of drug-likeness (QED) is 0.298. The Kier molecular flexibility index (Phi) is 6.79. The number of methoxy groups -OCH3 is 2. The van der Waals surface area contributed by atoms with E-state index in [0.29, 0.717) is 5.56 Å². The van der Waals surface area contributed by atoms with Crippen molar-refractivity contribution in [3.63, 3.8) is 0 Å². The Morgan fingerprint density at radius 1 is 0.943 bits per heavy atom. The number of rotatable bonds is 7. The smallest absolute Gasteiger partial charge is 0.338 e. The molecular formula is C30H33N2O3+. The van der Waals surface area contributed by atoms with Crippen molar-refractivity contribution >= 4 is 34.8 Å². The van der Waals surface area contributed by atoms with Crippen LogP contribution >= 0.6 is 0 Å². The highest BCUT2D eigenvalue weighted by atomic mass is 16.5. The van der Waals surface area contributed by atoms with Crippen LogP contribution in [0, 0.1) is 0 Å². The molecule has 0 aromatic heterocycles. The molecule has 0 saturated carbocycles. The molecule has 1 aliphatic rings. The topological polar surface area (TPSA) is 41.8 Å². The first-order valence-corrected chi connectivity index (χ1v) is 11.8. The van der Waals surface area contributed by atoms with Gasteiger partial charge in [0.15, 0.2) is 5.71 Å². The van der Waals surface area contributed by atoms with Gasteiger partial charge >= 0.3 is 5.97 Å². The zero-order valence-electron chi connectivity index (χ0n) is 21.3. The largest absolute Gasteiger partial charge is 0.497 e. The summed E-state index contributed by atoms with van der Waals surface area (Å²) >= 11 is 0. The lowest BCUT2D eigenvalue weighted by Crippen LogP contribution is -2.27. The molecule has 0 spiro atoms. The molecule has 0 N–H and O–H groups in total. The van der Waals surface area contributed by atoms with Gasteiger partial charge in [-0.25, -0.2) is 4.79 Å². The molecule has 0 amide bonds. The summed E-state index contributed by atoms with van der Waals surface area (Å²) in [5.41, 5.74) is 7.21. The summed E-state index contributed by atoms with van der Waals surface area (Å²) in [4.78, 5) is 14.2. The van der Waals surface area contributed by atoms with Crippen LogP contribution in [-0.4, -0.2) is 44.1 Å². The monoisotopic (exact) mass is 469 g/mol. The van der Waals surface area contributed by atoms with Gasteiger partial charge in [0.1, 0.15) is 12.3 Å². The van der Waals surface area contributed by atoms with E-state index in [2.05, 4.69) is 79.8 Å². The van der Waals surface area contributed by atoms with Crippen molar-refractivity contribution in [1.29, 1.82) is 0 Å². The van der Waals surface area contributed by atoms with E-state index >= 15 is 0 Å². The summed E-state index contributed by atoms with van der Waals surface area (Å²) in [7, 11) is 5.15. The van der Waals surface area contributed by atoms with Gasteiger partial charge in [0.25, 0.3) is 0 Å². The van der Waals surface area contributed by atoms with Crippen LogP contribution in [0.15, 0.2) is 72.8 Å². The number of carbonyl (C=O) groups excluding carboxylic acids is 1. The Bertz CT molecular complexity index is 1290. The predicted molar refractivity (Wildman–Crippen MR) is 143 cm³/mol. The molecule has 180 valence electrons. The van der Waals surface area contributed by atoms with Gasteiger partial charge in [-0.1, -0.05) is 18.2 Å². The fraction of sp³-hybridized carbons (Fsp3) is 0.267. The second-order valence-corrected chi connectivity index (χ2v) is 9.16. The summed E-state index contributed by atoms with van der Waals surface area (Å²) in [5, 5.41) is 0. The average molecular weight is 470 g/mol. The third-order valence-electron chi connectivity index (χ3n) is 6.80. The van der Waals surface area contributed by atoms with E-state index in [-0.39, 0.29) is 11.4 Å². The number of anilines is 2. The van der Waals surface area contributed by atoms with E-state index in [1.165, 1.54) is 18.4 Å². The maximum Gasteiger partial charge on any atom is 0.338 e. The molecule has 0 bridgehead atoms. The average Bonchev–Trinajstić information content (AvgIpc) is 3.11. The number of fused-ring (bicyclic) bond motifs is 1. The number of allylic oxidation sites excluding steroid dienone is 1. The van der Waals surface area contributed by atoms with Gasteiger partial charge < -0.3 is 14.4 Å². The van der Waals surface area contributed by atoms with Crippen LogP contribution in [-0.2, 0) is 10.2 Å². The molecule has 0 saturated heterocycles. The molecule has 4 rings (SSSR count). The van der Waals surface area contributed by atoms with Crippen LogP contribution in [0.4, 0.5) is 17.1 Å². The standard InChI is InChI=1S/C30H33N2O3/c1-7-32-27-20-22(29(33)35-6)11-18-26(27)30(2,3)28(32)19-10-21-8-12-23(13-9-21)31(4)24-14-16-25(34-5)17-15-24/h8-20H,7H2,1-6H3/q+1. The molecule has 0 radical (unpaired) electrons. The first-order valence-electron chi connectivity index (χ1n) is 11.8. The Morgan fingerprint density at radius 2 is 1.57 bits per heavy atom. The minimum absolute atomic E-state index is 0.176. The molecule has 3 aromatic rings. The first-order chi connectivity index (χ1) is 16.8. The van der Waals surface area contributed by atoms with Crippen molar-refractivity contribution in [1.82, 2.24) is 0 Å². The summed E-state index contributed by atoms with van der Waals surface area (Å²) in [6.45, 7) is 7.40. The van der Waals surface area contributed by atoms with Gasteiger partial charge in [-0.05, 0) is 74.9 Å². The number of nitrogens with zero attached hydrogens (tertiary/aromatic N) is 2. The van der Waals surface area contributed by atoms with Crippen LogP contribution in [0.5, 0.6) is 5.75 Å². The molecule has 0 fully saturated rings. The number of ether oxygens (including phenoxy) is 2. The molecular weight excluding hydrogens is 436 g/mol. The molecule has 1 aliphatic heterocycles. The third kappa shape index (κ3) is 4.59. The Morgan fingerprint density at radius 3 is 2.14 bits per heavy atom. The Labute approximate surface area is 207 Å². The molecule has 3 aromatic carbocycles. The number of hydrogen-bond donors (Lipinski definition) is 0. The highest BCUT2D eigenvalue weighted by molar-refractivity contribution is 6.05. The Balaban J connectivity index is 1.59. The lowest BCUT2D eigenvalue weighted by atomic mass is 9.81. The van der Waals surface area contributed by atoms with Crippen molar-refractivity contribution in [2.75, 3.05) is 32.7 Å². The van der Waals surface area contributed by atoms with Crippen LogP contribution in [0.1, 0.15) is 42.3 Å². The maximum absolute atomic E-state index is 12.1. The molecule has 0 aliphatic carbocycles. The minimum atomic E-state index is -0.314.